The summed E-state index contributed by atoms with van der Waals surface area (Å²) in [5.74, 6) is 0.703. The van der Waals surface area contributed by atoms with E-state index in [0.717, 1.165) is 11.3 Å². The smallest absolute Gasteiger partial charge is 0.200 e. The summed E-state index contributed by atoms with van der Waals surface area (Å²) in [7, 11) is 3.84. The maximum absolute atomic E-state index is 13.5. The Balaban J connectivity index is 1.94. The van der Waals surface area contributed by atoms with E-state index in [-0.39, 0.29) is 11.2 Å². The average Bonchev–Trinajstić information content (AvgIpc) is 3.20. The van der Waals surface area contributed by atoms with Gasteiger partial charge >= 0.3 is 0 Å². The van der Waals surface area contributed by atoms with Crippen molar-refractivity contribution in [3.8, 4) is 22.6 Å². The second-order valence-corrected chi connectivity index (χ2v) is 7.70. The van der Waals surface area contributed by atoms with E-state index in [1.54, 1.807) is 23.9 Å². The van der Waals surface area contributed by atoms with E-state index in [0.29, 0.717) is 46.4 Å². The summed E-state index contributed by atoms with van der Waals surface area (Å²) < 4.78 is 7.87. The number of phenols is 1. The van der Waals surface area contributed by atoms with Crippen molar-refractivity contribution in [1.29, 1.82) is 0 Å². The first kappa shape index (κ1) is 19.9. The van der Waals surface area contributed by atoms with Crippen molar-refractivity contribution in [1.82, 2.24) is 14.7 Å². The first-order chi connectivity index (χ1) is 14.4. The van der Waals surface area contributed by atoms with Crippen molar-refractivity contribution in [2.75, 3.05) is 14.1 Å². The van der Waals surface area contributed by atoms with Crippen LogP contribution in [0.25, 0.3) is 27.8 Å². The highest BCUT2D eigenvalue weighted by Crippen LogP contribution is 2.34. The number of fused-ring (bicyclic) bond motifs is 1. The molecule has 0 atom stereocenters. The minimum Gasteiger partial charge on any atom is -0.507 e. The van der Waals surface area contributed by atoms with Gasteiger partial charge in [0.2, 0.25) is 5.43 Å². The van der Waals surface area contributed by atoms with Crippen molar-refractivity contribution >= 4 is 11.0 Å². The maximum Gasteiger partial charge on any atom is 0.200 e. The lowest BCUT2D eigenvalue weighted by molar-refractivity contribution is 0.382. The van der Waals surface area contributed by atoms with Gasteiger partial charge in [-0.3, -0.25) is 4.79 Å². The number of aryl methyl sites for hydroxylation is 2. The number of phenolic OH excluding ortho intramolecular Hbond substituents is 1. The Morgan fingerprint density at radius 3 is 2.60 bits per heavy atom. The van der Waals surface area contributed by atoms with Crippen molar-refractivity contribution in [3.63, 3.8) is 0 Å². The SMILES string of the molecule is CCc1cc2c(=O)c(-c3cnn(-c4ccccc4)c3)c(C)oc2c(CN(C)C)c1O. The Morgan fingerprint density at radius 1 is 1.20 bits per heavy atom. The van der Waals surface area contributed by atoms with Crippen LogP contribution in [0.15, 0.2) is 58.0 Å². The van der Waals surface area contributed by atoms with Gasteiger partial charge in [0.25, 0.3) is 0 Å². The highest BCUT2D eigenvalue weighted by Gasteiger charge is 2.21. The van der Waals surface area contributed by atoms with E-state index in [1.165, 1.54) is 0 Å². The standard InChI is InChI=1S/C24H25N3O3/c1-5-16-11-19-23(29)21(15(2)30-24(19)20(22(16)28)14-26(3)4)17-12-25-27(13-17)18-9-7-6-8-10-18/h6-13,28H,5,14H2,1-4H3. The molecular weight excluding hydrogens is 378 g/mol. The van der Waals surface area contributed by atoms with Gasteiger partial charge in [0, 0.05) is 18.3 Å². The van der Waals surface area contributed by atoms with Crippen LogP contribution in [-0.2, 0) is 13.0 Å². The summed E-state index contributed by atoms with van der Waals surface area (Å²) in [6.45, 7) is 4.21. The molecule has 2 heterocycles. The fraction of sp³-hybridized carbons (Fsp3) is 0.250. The summed E-state index contributed by atoms with van der Waals surface area (Å²) in [4.78, 5) is 15.5. The Labute approximate surface area is 175 Å². The number of para-hydroxylation sites is 1. The second kappa shape index (κ2) is 7.80. The predicted octanol–water partition coefficient (Wildman–Crippen LogP) is 4.28. The lowest BCUT2D eigenvalue weighted by Crippen LogP contribution is -2.14. The number of aromatic nitrogens is 2. The van der Waals surface area contributed by atoms with Gasteiger partial charge < -0.3 is 14.4 Å². The summed E-state index contributed by atoms with van der Waals surface area (Å²) in [6.07, 6.45) is 4.14. The number of nitrogens with zero attached hydrogens (tertiary/aromatic N) is 3. The van der Waals surface area contributed by atoms with Crippen LogP contribution in [0.3, 0.4) is 0 Å². The third-order valence-corrected chi connectivity index (χ3v) is 5.25. The molecule has 30 heavy (non-hydrogen) atoms. The molecule has 0 saturated heterocycles. The molecule has 6 nitrogen and oxygen atoms in total. The zero-order valence-electron chi connectivity index (χ0n) is 17.6. The molecule has 0 aliphatic heterocycles. The summed E-state index contributed by atoms with van der Waals surface area (Å²) >= 11 is 0. The zero-order chi connectivity index (χ0) is 21.4. The van der Waals surface area contributed by atoms with Gasteiger partial charge in [-0.25, -0.2) is 4.68 Å². The molecule has 0 bridgehead atoms. The molecule has 4 rings (SSSR count). The van der Waals surface area contributed by atoms with Crippen LogP contribution < -0.4 is 5.43 Å². The third kappa shape index (κ3) is 3.39. The minimum absolute atomic E-state index is 0.115. The van der Waals surface area contributed by atoms with Crippen molar-refractivity contribution < 1.29 is 9.52 Å². The number of aromatic hydroxyl groups is 1. The highest BCUT2D eigenvalue weighted by atomic mass is 16.3. The molecule has 154 valence electrons. The molecule has 6 heteroatoms. The lowest BCUT2D eigenvalue weighted by Gasteiger charge is -2.16. The number of benzene rings is 2. The average molecular weight is 403 g/mol. The third-order valence-electron chi connectivity index (χ3n) is 5.25. The first-order valence-electron chi connectivity index (χ1n) is 9.97. The molecule has 4 aromatic rings. The van der Waals surface area contributed by atoms with E-state index in [2.05, 4.69) is 5.10 Å². The first-order valence-corrected chi connectivity index (χ1v) is 9.97. The topological polar surface area (TPSA) is 71.5 Å². The number of hydrogen-bond acceptors (Lipinski definition) is 5. The maximum atomic E-state index is 13.5. The molecular formula is C24H25N3O3. The molecule has 0 spiro atoms. The van der Waals surface area contributed by atoms with E-state index in [9.17, 15) is 9.90 Å². The molecule has 0 aliphatic rings. The van der Waals surface area contributed by atoms with Crippen molar-refractivity contribution in [2.24, 2.45) is 0 Å². The van der Waals surface area contributed by atoms with E-state index in [1.807, 2.05) is 62.4 Å². The zero-order valence-corrected chi connectivity index (χ0v) is 17.6. The van der Waals surface area contributed by atoms with E-state index >= 15 is 0 Å². The van der Waals surface area contributed by atoms with Crippen molar-refractivity contribution in [2.45, 2.75) is 26.8 Å². The quantitative estimate of drug-likeness (QED) is 0.538. The second-order valence-electron chi connectivity index (χ2n) is 7.70. The molecule has 0 radical (unpaired) electrons. The van der Waals surface area contributed by atoms with Crippen LogP contribution in [0.4, 0.5) is 0 Å². The van der Waals surface area contributed by atoms with Crippen LogP contribution in [-0.4, -0.2) is 33.9 Å². The van der Waals surface area contributed by atoms with E-state index < -0.39 is 0 Å². The molecule has 1 N–H and O–H groups in total. The Kier molecular flexibility index (Phi) is 5.18. The fourth-order valence-electron chi connectivity index (χ4n) is 3.80. The molecule has 0 amide bonds. The minimum atomic E-state index is -0.115. The van der Waals surface area contributed by atoms with Crippen LogP contribution in [0.5, 0.6) is 5.75 Å². The Hall–Kier alpha value is -3.38. The molecule has 0 fully saturated rings. The van der Waals surface area contributed by atoms with Gasteiger partial charge in [-0.2, -0.15) is 5.10 Å². The molecule has 0 unspecified atom stereocenters. The predicted molar refractivity (Wildman–Crippen MR) is 118 cm³/mol. The molecule has 2 aromatic heterocycles. The van der Waals surface area contributed by atoms with Gasteiger partial charge in [-0.15, -0.1) is 0 Å². The largest absolute Gasteiger partial charge is 0.507 e. The highest BCUT2D eigenvalue weighted by molar-refractivity contribution is 5.87. The van der Waals surface area contributed by atoms with Gasteiger partial charge in [0.05, 0.1) is 28.4 Å². The molecule has 0 aliphatic carbocycles. The Morgan fingerprint density at radius 2 is 1.93 bits per heavy atom. The monoisotopic (exact) mass is 403 g/mol. The normalized spacial score (nSPS) is 11.5. The lowest BCUT2D eigenvalue weighted by atomic mass is 9.99. The Bertz CT molecular complexity index is 1270. The van der Waals surface area contributed by atoms with Gasteiger partial charge in [-0.05, 0) is 51.2 Å². The van der Waals surface area contributed by atoms with Gasteiger partial charge in [0.1, 0.15) is 17.1 Å². The van der Waals surface area contributed by atoms with Gasteiger partial charge in [0.15, 0.2) is 0 Å². The summed E-state index contributed by atoms with van der Waals surface area (Å²) in [5, 5.41) is 15.6. The molecule has 2 aromatic carbocycles. The van der Waals surface area contributed by atoms with Crippen LogP contribution in [0, 0.1) is 6.92 Å². The van der Waals surface area contributed by atoms with Crippen LogP contribution in [0.2, 0.25) is 0 Å². The van der Waals surface area contributed by atoms with Crippen molar-refractivity contribution in [3.05, 3.63) is 75.9 Å². The van der Waals surface area contributed by atoms with E-state index in [4.69, 9.17) is 4.42 Å². The molecule has 0 saturated carbocycles. The fourth-order valence-corrected chi connectivity index (χ4v) is 3.80. The summed E-state index contributed by atoms with van der Waals surface area (Å²) in [6, 6.07) is 11.5. The summed E-state index contributed by atoms with van der Waals surface area (Å²) in [5.41, 5.74) is 3.82. The van der Waals surface area contributed by atoms with Gasteiger partial charge in [-0.1, -0.05) is 25.1 Å². The number of hydrogen-bond donors (Lipinski definition) is 1. The number of rotatable bonds is 5. The van der Waals surface area contributed by atoms with Crippen LogP contribution >= 0.6 is 0 Å². The van der Waals surface area contributed by atoms with Crippen LogP contribution in [0.1, 0.15) is 23.8 Å².